The van der Waals surface area contributed by atoms with Gasteiger partial charge in [-0.15, -0.1) is 0 Å². The Morgan fingerprint density at radius 1 is 0.971 bits per heavy atom. The van der Waals surface area contributed by atoms with E-state index < -0.39 is 22.9 Å². The highest BCUT2D eigenvalue weighted by molar-refractivity contribution is 6.31. The molecule has 0 fully saturated rings. The van der Waals surface area contributed by atoms with E-state index in [4.69, 9.17) is 16.0 Å². The van der Waals surface area contributed by atoms with Crippen LogP contribution in [0.4, 0.5) is 5.69 Å². The molecule has 3 aromatic carbocycles. The maximum Gasteiger partial charge on any atom is 0.292 e. The SMILES string of the molecule is CCN1C(=O)C2(c3ccccc31)c1c(oc3ccc(Cl)cc3c1=O)C(=O)N2C(C)c1ccccc1. The first-order valence-electron chi connectivity index (χ1n) is 11.5. The number of hydrogen-bond acceptors (Lipinski definition) is 4. The van der Waals surface area contributed by atoms with E-state index in [0.717, 1.165) is 5.56 Å². The van der Waals surface area contributed by atoms with Gasteiger partial charge in [0.1, 0.15) is 5.58 Å². The lowest BCUT2D eigenvalue weighted by Gasteiger charge is -2.38. The number of carbonyl (C=O) groups excluding carboxylic acids is 2. The highest BCUT2D eigenvalue weighted by Crippen LogP contribution is 2.55. The van der Waals surface area contributed by atoms with Crippen LogP contribution in [0.5, 0.6) is 0 Å². The molecule has 7 heteroatoms. The average Bonchev–Trinajstić information content (AvgIpc) is 3.28. The van der Waals surface area contributed by atoms with Gasteiger partial charge in [0.2, 0.25) is 5.76 Å². The Balaban J connectivity index is 1.76. The monoisotopic (exact) mass is 484 g/mol. The van der Waals surface area contributed by atoms with E-state index in [2.05, 4.69) is 0 Å². The summed E-state index contributed by atoms with van der Waals surface area (Å²) in [6.45, 7) is 4.13. The summed E-state index contributed by atoms with van der Waals surface area (Å²) in [5, 5.41) is 0.601. The highest BCUT2D eigenvalue weighted by Gasteiger charge is 2.65. The van der Waals surface area contributed by atoms with Gasteiger partial charge < -0.3 is 14.2 Å². The first kappa shape index (κ1) is 21.6. The number of halogens is 1. The summed E-state index contributed by atoms with van der Waals surface area (Å²) >= 11 is 6.20. The van der Waals surface area contributed by atoms with Crippen LogP contribution in [0.25, 0.3) is 11.0 Å². The molecule has 1 aromatic heterocycles. The van der Waals surface area contributed by atoms with Crippen molar-refractivity contribution in [2.24, 2.45) is 0 Å². The first-order valence-corrected chi connectivity index (χ1v) is 11.9. The second kappa shape index (κ2) is 7.55. The Bertz CT molecular complexity index is 1600. The molecule has 6 nitrogen and oxygen atoms in total. The minimum Gasteiger partial charge on any atom is -0.450 e. The molecule has 2 amide bonds. The van der Waals surface area contributed by atoms with Crippen molar-refractivity contribution in [3.05, 3.63) is 110 Å². The molecule has 0 radical (unpaired) electrons. The van der Waals surface area contributed by atoms with Gasteiger partial charge in [0.25, 0.3) is 11.8 Å². The lowest BCUT2D eigenvalue weighted by Crippen LogP contribution is -2.54. The van der Waals surface area contributed by atoms with Crippen molar-refractivity contribution in [1.29, 1.82) is 0 Å². The van der Waals surface area contributed by atoms with Crippen LogP contribution in [0.2, 0.25) is 5.02 Å². The van der Waals surface area contributed by atoms with E-state index in [-0.39, 0.29) is 28.2 Å². The Kier molecular flexibility index (Phi) is 4.66. The number of nitrogens with zero attached hydrogens (tertiary/aromatic N) is 2. The van der Waals surface area contributed by atoms with Crippen LogP contribution in [-0.2, 0) is 10.3 Å². The molecule has 0 saturated heterocycles. The molecule has 35 heavy (non-hydrogen) atoms. The smallest absolute Gasteiger partial charge is 0.292 e. The number of fused-ring (bicyclic) bond motifs is 5. The zero-order chi connectivity index (χ0) is 24.5. The maximum atomic E-state index is 14.4. The van der Waals surface area contributed by atoms with Crippen molar-refractivity contribution >= 4 is 40.1 Å². The third-order valence-corrected chi connectivity index (χ3v) is 7.35. The predicted octanol–water partition coefficient (Wildman–Crippen LogP) is 5.27. The van der Waals surface area contributed by atoms with Crippen molar-refractivity contribution in [2.45, 2.75) is 25.4 Å². The number of carbonyl (C=O) groups is 2. The largest absolute Gasteiger partial charge is 0.450 e. The van der Waals surface area contributed by atoms with Gasteiger partial charge in [-0.05, 0) is 43.7 Å². The third-order valence-electron chi connectivity index (χ3n) is 7.11. The van der Waals surface area contributed by atoms with E-state index >= 15 is 0 Å². The molecule has 0 aliphatic carbocycles. The van der Waals surface area contributed by atoms with Crippen LogP contribution in [0.1, 0.15) is 47.1 Å². The zero-order valence-electron chi connectivity index (χ0n) is 19.1. The molecule has 0 saturated carbocycles. The predicted molar refractivity (Wildman–Crippen MR) is 134 cm³/mol. The highest BCUT2D eigenvalue weighted by atomic mass is 35.5. The average molecular weight is 485 g/mol. The molecule has 6 rings (SSSR count). The normalized spacial score (nSPS) is 19.5. The molecular formula is C28H21ClN2O4. The number of benzene rings is 3. The maximum absolute atomic E-state index is 14.4. The fourth-order valence-electron chi connectivity index (χ4n) is 5.60. The Hall–Kier alpha value is -3.90. The van der Waals surface area contributed by atoms with Gasteiger partial charge in [-0.1, -0.05) is 60.1 Å². The summed E-state index contributed by atoms with van der Waals surface area (Å²) in [7, 11) is 0. The molecule has 0 bridgehead atoms. The summed E-state index contributed by atoms with van der Waals surface area (Å²) in [6, 6.07) is 21.0. The number of rotatable bonds is 3. The van der Waals surface area contributed by atoms with Gasteiger partial charge >= 0.3 is 0 Å². The summed E-state index contributed by atoms with van der Waals surface area (Å²) < 4.78 is 6.07. The fraction of sp³-hybridized carbons (Fsp3) is 0.179. The molecule has 2 aliphatic heterocycles. The lowest BCUT2D eigenvalue weighted by atomic mass is 9.83. The van der Waals surface area contributed by atoms with Crippen LogP contribution in [0.15, 0.2) is 82.0 Å². The molecule has 2 aliphatic rings. The van der Waals surface area contributed by atoms with Crippen LogP contribution < -0.4 is 10.3 Å². The zero-order valence-corrected chi connectivity index (χ0v) is 19.9. The molecule has 0 N–H and O–H groups in total. The van der Waals surface area contributed by atoms with Crippen LogP contribution in [0, 0.1) is 0 Å². The fourth-order valence-corrected chi connectivity index (χ4v) is 5.77. The van der Waals surface area contributed by atoms with Gasteiger partial charge in [-0.2, -0.15) is 0 Å². The van der Waals surface area contributed by atoms with Crippen molar-refractivity contribution in [2.75, 3.05) is 11.4 Å². The number of para-hydroxylation sites is 1. The Labute approximate surface area is 206 Å². The summed E-state index contributed by atoms with van der Waals surface area (Å²) in [5.41, 5.74) is 0.335. The van der Waals surface area contributed by atoms with Crippen molar-refractivity contribution in [3.63, 3.8) is 0 Å². The topological polar surface area (TPSA) is 70.8 Å². The molecule has 2 unspecified atom stereocenters. The van der Waals surface area contributed by atoms with Gasteiger partial charge in [0.05, 0.1) is 22.7 Å². The number of anilines is 1. The molecule has 174 valence electrons. The van der Waals surface area contributed by atoms with Crippen LogP contribution in [0.3, 0.4) is 0 Å². The van der Waals surface area contributed by atoms with Gasteiger partial charge in [-0.25, -0.2) is 0 Å². The van der Waals surface area contributed by atoms with Crippen molar-refractivity contribution in [1.82, 2.24) is 4.90 Å². The van der Waals surface area contributed by atoms with E-state index in [9.17, 15) is 14.4 Å². The van der Waals surface area contributed by atoms with E-state index in [1.807, 2.05) is 68.4 Å². The number of likely N-dealkylation sites (N-methyl/N-ethyl adjacent to an activating group) is 1. The summed E-state index contributed by atoms with van der Waals surface area (Å²) in [5.74, 6) is -0.940. The van der Waals surface area contributed by atoms with Crippen LogP contribution in [-0.4, -0.2) is 23.3 Å². The standard InChI is InChI=1S/C28H21ClN2O4/c1-3-30-21-12-8-7-11-20(21)28(27(30)34)23-24(32)19-15-18(29)13-14-22(19)35-25(23)26(33)31(28)16(2)17-9-5-4-6-10-17/h4-16H,3H2,1-2H3. The minimum atomic E-state index is -1.65. The van der Waals surface area contributed by atoms with E-state index in [0.29, 0.717) is 22.8 Å². The minimum absolute atomic E-state index is 0.0495. The van der Waals surface area contributed by atoms with E-state index in [1.165, 1.54) is 11.0 Å². The third kappa shape index (κ3) is 2.68. The first-order chi connectivity index (χ1) is 16.9. The molecule has 2 atom stereocenters. The summed E-state index contributed by atoms with van der Waals surface area (Å²) in [6.07, 6.45) is 0. The van der Waals surface area contributed by atoms with Gasteiger partial charge in [-0.3, -0.25) is 14.4 Å². The Morgan fingerprint density at radius 2 is 1.69 bits per heavy atom. The lowest BCUT2D eigenvalue weighted by molar-refractivity contribution is -0.127. The molecular weight excluding hydrogens is 464 g/mol. The van der Waals surface area contributed by atoms with E-state index in [1.54, 1.807) is 17.0 Å². The van der Waals surface area contributed by atoms with Gasteiger partial charge in [0.15, 0.2) is 11.0 Å². The quantitative estimate of drug-likeness (QED) is 0.397. The molecule has 3 heterocycles. The van der Waals surface area contributed by atoms with Crippen molar-refractivity contribution < 1.29 is 14.0 Å². The van der Waals surface area contributed by atoms with Crippen LogP contribution >= 0.6 is 11.6 Å². The Morgan fingerprint density at radius 3 is 2.43 bits per heavy atom. The number of hydrogen-bond donors (Lipinski definition) is 0. The molecule has 1 spiro atoms. The van der Waals surface area contributed by atoms with Crippen molar-refractivity contribution in [3.8, 4) is 0 Å². The second-order valence-electron chi connectivity index (χ2n) is 8.81. The van der Waals surface area contributed by atoms with Gasteiger partial charge in [0, 0.05) is 17.1 Å². The number of amides is 2. The molecule has 4 aromatic rings. The second-order valence-corrected chi connectivity index (χ2v) is 9.25. The summed E-state index contributed by atoms with van der Waals surface area (Å²) in [4.78, 5) is 45.7.